The molecule has 0 aromatic heterocycles. The number of sulfonamides is 1. The van der Waals surface area contributed by atoms with Crippen molar-refractivity contribution in [2.24, 2.45) is 0 Å². The van der Waals surface area contributed by atoms with E-state index in [9.17, 15) is 47.9 Å². The van der Waals surface area contributed by atoms with Gasteiger partial charge in [-0.15, -0.1) is 0 Å². The SMILES string of the molecule is CCCCCCCCNS(=O)(=O)C(F)(F)C(F)(F)C(F)(F)C(F)(F)F. The fraction of sp³-hybridized carbons (Fsp3) is 1.00. The van der Waals surface area contributed by atoms with Gasteiger partial charge < -0.3 is 0 Å². The van der Waals surface area contributed by atoms with Crippen molar-refractivity contribution in [1.29, 1.82) is 0 Å². The lowest BCUT2D eigenvalue weighted by atomic mass is 10.1. The quantitative estimate of drug-likeness (QED) is 0.396. The summed E-state index contributed by atoms with van der Waals surface area (Å²) < 4.78 is 137. The first-order valence-electron chi connectivity index (χ1n) is 7.25. The van der Waals surface area contributed by atoms with Crippen LogP contribution in [0.3, 0.4) is 0 Å². The standard InChI is InChI=1S/C12H18F9NO2S/c1-2-3-4-5-6-7-8-22-25(23,24)12(20,21)10(15,16)9(13,14)11(17,18)19/h22H,2-8H2,1H3. The molecule has 25 heavy (non-hydrogen) atoms. The van der Waals surface area contributed by atoms with Crippen LogP contribution in [0.5, 0.6) is 0 Å². The van der Waals surface area contributed by atoms with E-state index in [2.05, 4.69) is 0 Å². The summed E-state index contributed by atoms with van der Waals surface area (Å²) in [7, 11) is -6.47. The van der Waals surface area contributed by atoms with Gasteiger partial charge in [-0.2, -0.15) is 39.5 Å². The van der Waals surface area contributed by atoms with E-state index in [1.54, 1.807) is 0 Å². The van der Waals surface area contributed by atoms with Crippen molar-refractivity contribution < 1.29 is 47.9 Å². The molecule has 0 saturated heterocycles. The Hall–Kier alpha value is -0.720. The average molecular weight is 411 g/mol. The molecule has 152 valence electrons. The molecule has 0 bridgehead atoms. The molecule has 0 spiro atoms. The van der Waals surface area contributed by atoms with Gasteiger partial charge in [0.15, 0.2) is 0 Å². The van der Waals surface area contributed by atoms with E-state index in [0.717, 1.165) is 24.0 Å². The van der Waals surface area contributed by atoms with E-state index in [0.29, 0.717) is 12.8 Å². The maximum Gasteiger partial charge on any atom is 0.460 e. The molecule has 0 aliphatic carbocycles. The van der Waals surface area contributed by atoms with Gasteiger partial charge in [-0.3, -0.25) is 0 Å². The number of hydrogen-bond acceptors (Lipinski definition) is 2. The largest absolute Gasteiger partial charge is 0.460 e. The van der Waals surface area contributed by atoms with Crippen molar-refractivity contribution in [2.75, 3.05) is 6.54 Å². The Kier molecular flexibility index (Phi) is 8.08. The third-order valence-corrected chi connectivity index (χ3v) is 4.79. The zero-order valence-corrected chi connectivity index (χ0v) is 13.9. The van der Waals surface area contributed by atoms with E-state index in [4.69, 9.17) is 0 Å². The molecular formula is C12H18F9NO2S. The summed E-state index contributed by atoms with van der Waals surface area (Å²) in [5.74, 6) is -14.4. The van der Waals surface area contributed by atoms with Crippen LogP contribution in [0.25, 0.3) is 0 Å². The minimum atomic E-state index is -7.24. The maximum atomic E-state index is 13.3. The van der Waals surface area contributed by atoms with Crippen molar-refractivity contribution >= 4 is 10.0 Å². The molecule has 0 aliphatic rings. The first-order chi connectivity index (χ1) is 11.1. The molecule has 0 unspecified atom stereocenters. The molecular weight excluding hydrogens is 393 g/mol. The summed E-state index contributed by atoms with van der Waals surface area (Å²) >= 11 is 0. The lowest BCUT2D eigenvalue weighted by molar-refractivity contribution is -0.382. The second-order valence-electron chi connectivity index (χ2n) is 5.33. The van der Waals surface area contributed by atoms with Crippen molar-refractivity contribution in [3.8, 4) is 0 Å². The van der Waals surface area contributed by atoms with Crippen molar-refractivity contribution in [2.45, 2.75) is 68.7 Å². The summed E-state index contributed by atoms with van der Waals surface area (Å²) in [6.07, 6.45) is -3.69. The number of halogens is 9. The van der Waals surface area contributed by atoms with Gasteiger partial charge in [-0.25, -0.2) is 13.1 Å². The Morgan fingerprint density at radius 1 is 0.720 bits per heavy atom. The zero-order chi connectivity index (χ0) is 20.2. The van der Waals surface area contributed by atoms with Gasteiger partial charge in [-0.05, 0) is 6.42 Å². The van der Waals surface area contributed by atoms with Crippen LogP contribution in [-0.4, -0.2) is 38.2 Å². The van der Waals surface area contributed by atoms with Crippen LogP contribution < -0.4 is 4.72 Å². The van der Waals surface area contributed by atoms with Crippen LogP contribution in [-0.2, 0) is 10.0 Å². The summed E-state index contributed by atoms with van der Waals surface area (Å²) in [5, 5.41) is -6.67. The number of hydrogen-bond donors (Lipinski definition) is 1. The molecule has 0 atom stereocenters. The monoisotopic (exact) mass is 411 g/mol. The molecule has 13 heteroatoms. The molecule has 0 aromatic carbocycles. The molecule has 0 amide bonds. The highest BCUT2D eigenvalue weighted by Crippen LogP contribution is 2.54. The first kappa shape index (κ1) is 24.3. The fourth-order valence-electron chi connectivity index (χ4n) is 1.73. The van der Waals surface area contributed by atoms with E-state index in [-0.39, 0.29) is 6.42 Å². The third-order valence-electron chi connectivity index (χ3n) is 3.28. The van der Waals surface area contributed by atoms with Gasteiger partial charge in [0.2, 0.25) is 0 Å². The third kappa shape index (κ3) is 5.14. The van der Waals surface area contributed by atoms with E-state index in [1.165, 1.54) is 0 Å². The molecule has 3 nitrogen and oxygen atoms in total. The Labute approximate surface area is 139 Å². The van der Waals surface area contributed by atoms with Gasteiger partial charge in [-0.1, -0.05) is 39.0 Å². The van der Waals surface area contributed by atoms with E-state index in [1.807, 2.05) is 6.92 Å². The Morgan fingerprint density at radius 2 is 1.16 bits per heavy atom. The van der Waals surface area contributed by atoms with Gasteiger partial charge in [0, 0.05) is 6.54 Å². The lowest BCUT2D eigenvalue weighted by Crippen LogP contribution is -2.64. The fourth-order valence-corrected chi connectivity index (χ4v) is 2.79. The average Bonchev–Trinajstić information content (AvgIpc) is 2.44. The number of rotatable bonds is 11. The van der Waals surface area contributed by atoms with Crippen LogP contribution in [0.4, 0.5) is 39.5 Å². The predicted octanol–water partition coefficient (Wildman–Crippen LogP) is 4.69. The Balaban J connectivity index is 5.04. The highest BCUT2D eigenvalue weighted by Gasteiger charge is 2.85. The molecule has 0 heterocycles. The minimum Gasteiger partial charge on any atom is -0.210 e. The number of nitrogens with one attached hydrogen (secondary N) is 1. The molecule has 0 fully saturated rings. The molecule has 0 aliphatic heterocycles. The number of unbranched alkanes of at least 4 members (excludes halogenated alkanes) is 5. The molecule has 0 saturated carbocycles. The predicted molar refractivity (Wildman–Crippen MR) is 71.2 cm³/mol. The maximum absolute atomic E-state index is 13.3. The number of alkyl halides is 9. The second kappa shape index (κ2) is 8.31. The van der Waals surface area contributed by atoms with Gasteiger partial charge in [0.1, 0.15) is 0 Å². The zero-order valence-electron chi connectivity index (χ0n) is 13.1. The van der Waals surface area contributed by atoms with Crippen molar-refractivity contribution in [3.63, 3.8) is 0 Å². The Bertz CT molecular complexity index is 517. The second-order valence-corrected chi connectivity index (χ2v) is 7.14. The van der Waals surface area contributed by atoms with Crippen LogP contribution in [0.2, 0.25) is 0 Å². The van der Waals surface area contributed by atoms with Crippen LogP contribution >= 0.6 is 0 Å². The van der Waals surface area contributed by atoms with E-state index < -0.39 is 39.8 Å². The van der Waals surface area contributed by atoms with Crippen molar-refractivity contribution in [1.82, 2.24) is 4.72 Å². The summed E-state index contributed by atoms with van der Waals surface area (Å²) in [6, 6.07) is 0. The molecule has 0 aromatic rings. The smallest absolute Gasteiger partial charge is 0.210 e. The minimum absolute atomic E-state index is 0.0692. The van der Waals surface area contributed by atoms with Crippen LogP contribution in [0.15, 0.2) is 0 Å². The van der Waals surface area contributed by atoms with Crippen LogP contribution in [0, 0.1) is 0 Å². The van der Waals surface area contributed by atoms with Gasteiger partial charge in [0.05, 0.1) is 0 Å². The van der Waals surface area contributed by atoms with Crippen LogP contribution in [0.1, 0.15) is 45.4 Å². The normalized spacial score (nSPS) is 14.8. The summed E-state index contributed by atoms with van der Waals surface area (Å²) in [6.45, 7) is 1.12. The lowest BCUT2D eigenvalue weighted by Gasteiger charge is -2.33. The molecule has 1 N–H and O–H groups in total. The highest BCUT2D eigenvalue weighted by molar-refractivity contribution is 7.90. The molecule has 0 radical (unpaired) electrons. The summed E-state index contributed by atoms with van der Waals surface area (Å²) in [5.41, 5.74) is 0. The van der Waals surface area contributed by atoms with Gasteiger partial charge in [0.25, 0.3) is 10.0 Å². The van der Waals surface area contributed by atoms with E-state index >= 15 is 0 Å². The highest BCUT2D eigenvalue weighted by atomic mass is 32.2. The Morgan fingerprint density at radius 3 is 1.60 bits per heavy atom. The summed E-state index contributed by atoms with van der Waals surface area (Å²) in [4.78, 5) is 0. The first-order valence-corrected chi connectivity index (χ1v) is 8.74. The topological polar surface area (TPSA) is 46.2 Å². The molecule has 0 rings (SSSR count). The van der Waals surface area contributed by atoms with Crippen molar-refractivity contribution in [3.05, 3.63) is 0 Å². The van der Waals surface area contributed by atoms with Gasteiger partial charge >= 0.3 is 23.3 Å².